The first-order chi connectivity index (χ1) is 26.4. The number of carboxylic acid groups (broad SMARTS) is 1. The lowest BCUT2D eigenvalue weighted by molar-refractivity contribution is -0.141. The van der Waals surface area contributed by atoms with Crippen LogP contribution < -0.4 is 26.0 Å². The molecule has 0 fully saturated rings. The first kappa shape index (κ1) is 42.9. The molecule has 13 heteroatoms. The Morgan fingerprint density at radius 2 is 1.16 bits per heavy atom. The van der Waals surface area contributed by atoms with Crippen LogP contribution in [-0.4, -0.2) is 72.1 Å². The maximum Gasteiger partial charge on any atom is 0.326 e. The van der Waals surface area contributed by atoms with Crippen molar-refractivity contribution < 1.29 is 38.9 Å². The predicted molar refractivity (Wildman–Crippen MR) is 213 cm³/mol. The fourth-order valence-electron chi connectivity index (χ4n) is 4.55. The number of aromatic hydroxyl groups is 1. The number of carboxylic acids is 1. The number of phenolic OH excluding ortho intramolecular Hbond substituents is 1. The van der Waals surface area contributed by atoms with E-state index in [1.165, 1.54) is 27.1 Å². The molecule has 1 atom stereocenters. The summed E-state index contributed by atoms with van der Waals surface area (Å²) in [5, 5.41) is 29.3. The Morgan fingerprint density at radius 1 is 0.636 bits per heavy atom. The maximum absolute atomic E-state index is 11.9. The van der Waals surface area contributed by atoms with Gasteiger partial charge in [-0.15, -0.1) is 11.3 Å². The molecular formula is C42H46N4O8S. The summed E-state index contributed by atoms with van der Waals surface area (Å²) in [5.74, 6) is -2.96. The van der Waals surface area contributed by atoms with Crippen molar-refractivity contribution in [1.29, 1.82) is 0 Å². The standard InChI is InChI=1S/C17H20N4O7.C13H12.C7H8O.C5H6S/c22-13-6-18-14(23)7-20-16(25)9-28-11-3-1-10(2-4-11)5-12(17(26)27)21-15(24)8-19-13;1-11-7-9-13(10-8-11)12-5-3-2-4-6-12;1-6-2-4-7(8)5-3-6;1-5-3-2-4-6-5/h1-4,12H,5-9H2,(H,18,23)(H,19,22)(H,20,25)(H,21,24)(H,26,27);2-10H,1H3;2-5,8H,1H3;2-4H,1H3/t12-;;;/m0.../s1. The SMILES string of the molecule is Cc1ccc(-c2ccccc2)cc1.Cc1ccc(O)cc1.Cc1cccs1.O=C1CNC(=O)COc2ccc(cc2)C[C@@H](C(=O)O)NC(=O)CNC(=O)CN1. The van der Waals surface area contributed by atoms with Crippen LogP contribution in [0, 0.1) is 20.8 Å². The Morgan fingerprint density at radius 3 is 1.65 bits per heavy atom. The minimum atomic E-state index is -1.23. The van der Waals surface area contributed by atoms with Gasteiger partial charge in [0.1, 0.15) is 17.5 Å². The molecule has 0 radical (unpaired) electrons. The fourth-order valence-corrected chi connectivity index (χ4v) is 5.08. The molecule has 55 heavy (non-hydrogen) atoms. The molecule has 1 aromatic heterocycles. The van der Waals surface area contributed by atoms with Crippen LogP contribution in [-0.2, 0) is 30.4 Å². The molecule has 3 heterocycles. The van der Waals surface area contributed by atoms with Gasteiger partial charge < -0.3 is 36.2 Å². The van der Waals surface area contributed by atoms with E-state index >= 15 is 0 Å². The van der Waals surface area contributed by atoms with Crippen molar-refractivity contribution in [2.45, 2.75) is 33.2 Å². The highest BCUT2D eigenvalue weighted by molar-refractivity contribution is 7.09. The molecular weight excluding hydrogens is 721 g/mol. The van der Waals surface area contributed by atoms with Gasteiger partial charge in [0.25, 0.3) is 5.91 Å². The Kier molecular flexibility index (Phi) is 18.2. The number of fused-ring (bicyclic) bond motifs is 16. The zero-order valence-electron chi connectivity index (χ0n) is 30.9. The van der Waals surface area contributed by atoms with Crippen molar-refractivity contribution >= 4 is 40.9 Å². The second-order valence-corrected chi connectivity index (χ2v) is 13.4. The first-order valence-corrected chi connectivity index (χ1v) is 18.2. The Hall–Kier alpha value is -6.47. The van der Waals surface area contributed by atoms with E-state index in [1.807, 2.05) is 25.1 Å². The topological polar surface area (TPSA) is 183 Å². The molecule has 0 spiro atoms. The van der Waals surface area contributed by atoms with Crippen LogP contribution >= 0.6 is 11.3 Å². The molecule has 7 rings (SSSR count). The van der Waals surface area contributed by atoms with Gasteiger partial charge >= 0.3 is 5.97 Å². The lowest BCUT2D eigenvalue weighted by Gasteiger charge is -2.15. The number of benzene rings is 4. The number of hydrogen-bond acceptors (Lipinski definition) is 8. The summed E-state index contributed by atoms with van der Waals surface area (Å²) in [4.78, 5) is 59.6. The largest absolute Gasteiger partial charge is 0.508 e. The molecule has 4 aromatic carbocycles. The van der Waals surface area contributed by atoms with Crippen molar-refractivity contribution in [3.63, 3.8) is 0 Å². The van der Waals surface area contributed by atoms with Crippen LogP contribution in [0.15, 0.2) is 121 Å². The van der Waals surface area contributed by atoms with Crippen molar-refractivity contribution in [3.8, 4) is 22.6 Å². The summed E-state index contributed by atoms with van der Waals surface area (Å²) >= 11 is 1.78. The van der Waals surface area contributed by atoms with E-state index in [-0.39, 0.29) is 19.6 Å². The lowest BCUT2D eigenvalue weighted by Crippen LogP contribution is -2.48. The van der Waals surface area contributed by atoms with E-state index in [9.17, 15) is 29.1 Å². The van der Waals surface area contributed by atoms with E-state index in [0.717, 1.165) is 0 Å². The van der Waals surface area contributed by atoms with Crippen LogP contribution in [0.4, 0.5) is 0 Å². The van der Waals surface area contributed by atoms with Gasteiger partial charge in [0.05, 0.1) is 19.6 Å². The van der Waals surface area contributed by atoms with E-state index in [4.69, 9.17) is 9.84 Å². The summed E-state index contributed by atoms with van der Waals surface area (Å²) in [6, 6.07) is 35.4. The zero-order valence-corrected chi connectivity index (χ0v) is 31.7. The van der Waals surface area contributed by atoms with Gasteiger partial charge in [-0.1, -0.05) is 96.1 Å². The number of nitrogens with one attached hydrogen (secondary N) is 4. The number of hydrogen-bond donors (Lipinski definition) is 6. The third kappa shape index (κ3) is 17.7. The molecule has 288 valence electrons. The van der Waals surface area contributed by atoms with Crippen LogP contribution in [0.3, 0.4) is 0 Å². The highest BCUT2D eigenvalue weighted by Gasteiger charge is 2.21. The summed E-state index contributed by atoms with van der Waals surface area (Å²) < 4.78 is 5.29. The number of aliphatic carboxylic acids is 1. The Balaban J connectivity index is 0.000000242. The zero-order chi connectivity index (χ0) is 40.0. The van der Waals surface area contributed by atoms with Gasteiger partial charge in [-0.2, -0.15) is 0 Å². The van der Waals surface area contributed by atoms with E-state index in [1.54, 1.807) is 47.7 Å². The molecule has 0 unspecified atom stereocenters. The van der Waals surface area contributed by atoms with Gasteiger partial charge in [0.15, 0.2) is 6.61 Å². The van der Waals surface area contributed by atoms with Gasteiger partial charge in [0, 0.05) is 11.3 Å². The maximum atomic E-state index is 11.9. The van der Waals surface area contributed by atoms with Crippen LogP contribution in [0.2, 0.25) is 0 Å². The number of phenols is 1. The summed E-state index contributed by atoms with van der Waals surface area (Å²) in [7, 11) is 0. The van der Waals surface area contributed by atoms with Gasteiger partial charge in [-0.25, -0.2) is 4.79 Å². The first-order valence-electron chi connectivity index (χ1n) is 17.3. The second kappa shape index (κ2) is 23.2. The molecule has 6 N–H and O–H groups in total. The highest BCUT2D eigenvalue weighted by Crippen LogP contribution is 2.19. The van der Waals surface area contributed by atoms with Crippen LogP contribution in [0.5, 0.6) is 11.5 Å². The van der Waals surface area contributed by atoms with E-state index in [2.05, 4.69) is 101 Å². The lowest BCUT2D eigenvalue weighted by atomic mass is 10.0. The van der Waals surface area contributed by atoms with E-state index < -0.39 is 48.7 Å². The number of amides is 4. The van der Waals surface area contributed by atoms with Crippen molar-refractivity contribution in [2.24, 2.45) is 0 Å². The number of thiophene rings is 1. The summed E-state index contributed by atoms with van der Waals surface area (Å²) in [6.45, 7) is 4.70. The van der Waals surface area contributed by atoms with Crippen LogP contribution in [0.1, 0.15) is 21.6 Å². The Labute approximate surface area is 324 Å². The molecule has 0 saturated carbocycles. The van der Waals surface area contributed by atoms with Crippen molar-refractivity contribution in [3.05, 3.63) is 142 Å². The second-order valence-electron chi connectivity index (χ2n) is 12.2. The summed E-state index contributed by atoms with van der Waals surface area (Å²) in [5.41, 5.74) is 5.66. The normalized spacial score (nSPS) is 14.6. The number of carbonyl (C=O) groups is 5. The monoisotopic (exact) mass is 766 g/mol. The summed E-state index contributed by atoms with van der Waals surface area (Å²) in [6.07, 6.45) is 0.0197. The smallest absolute Gasteiger partial charge is 0.326 e. The van der Waals surface area contributed by atoms with Crippen molar-refractivity contribution in [1.82, 2.24) is 21.3 Å². The predicted octanol–water partition coefficient (Wildman–Crippen LogP) is 4.96. The van der Waals surface area contributed by atoms with Crippen LogP contribution in [0.25, 0.3) is 11.1 Å². The molecule has 5 aromatic rings. The van der Waals surface area contributed by atoms with Gasteiger partial charge in [-0.3, -0.25) is 19.2 Å². The fraction of sp³-hybridized carbons (Fsp3) is 0.214. The molecule has 2 bridgehead atoms. The quantitative estimate of drug-likeness (QED) is 0.136. The van der Waals surface area contributed by atoms with Gasteiger partial charge in [0.2, 0.25) is 17.7 Å². The van der Waals surface area contributed by atoms with E-state index in [0.29, 0.717) is 17.1 Å². The average molecular weight is 767 g/mol. The third-order valence-electron chi connectivity index (χ3n) is 7.56. The molecule has 2 aliphatic rings. The number of aryl methyl sites for hydroxylation is 3. The molecule has 12 nitrogen and oxygen atoms in total. The Bertz CT molecular complexity index is 1910. The number of ether oxygens (including phenoxy) is 1. The highest BCUT2D eigenvalue weighted by atomic mass is 32.1. The third-order valence-corrected chi connectivity index (χ3v) is 8.36. The number of carbonyl (C=O) groups excluding carboxylic acids is 4. The molecule has 0 aliphatic carbocycles. The average Bonchev–Trinajstić information content (AvgIpc) is 3.67. The minimum Gasteiger partial charge on any atom is -0.508 e. The molecule has 0 saturated heterocycles. The van der Waals surface area contributed by atoms with Gasteiger partial charge in [-0.05, 0) is 73.2 Å². The minimum absolute atomic E-state index is 0.0197. The molecule has 2 aliphatic heterocycles. The van der Waals surface area contributed by atoms with Crippen molar-refractivity contribution in [2.75, 3.05) is 26.2 Å². The molecule has 4 amide bonds. The number of rotatable bonds is 2.